The summed E-state index contributed by atoms with van der Waals surface area (Å²) < 4.78 is 6.88. The number of likely N-dealkylation sites (tertiary alicyclic amines) is 1. The van der Waals surface area contributed by atoms with Crippen LogP contribution in [0, 0.1) is 0 Å². The van der Waals surface area contributed by atoms with Gasteiger partial charge in [0.25, 0.3) is 0 Å². The van der Waals surface area contributed by atoms with E-state index in [-0.39, 0.29) is 11.8 Å². The lowest BCUT2D eigenvalue weighted by atomic mass is 9.98. The highest BCUT2D eigenvalue weighted by Gasteiger charge is 2.44. The number of aromatic nitrogens is 6. The zero-order valence-electron chi connectivity index (χ0n) is 28.1. The number of fused-ring (bicyclic) bond motifs is 1. The number of H-pyrrole nitrogens is 1. The van der Waals surface area contributed by atoms with Crippen LogP contribution >= 0.6 is 11.8 Å². The molecule has 1 aliphatic carbocycles. The van der Waals surface area contributed by atoms with Crippen molar-refractivity contribution < 1.29 is 14.3 Å². The average molecular weight is 690 g/mol. The van der Waals surface area contributed by atoms with Crippen molar-refractivity contribution in [1.82, 2.24) is 39.7 Å². The number of carbonyl (C=O) groups is 2. The Hall–Kier alpha value is -5.01. The first-order valence-corrected chi connectivity index (χ1v) is 18.2. The summed E-state index contributed by atoms with van der Waals surface area (Å²) in [6.45, 7) is 2.74. The van der Waals surface area contributed by atoms with Crippen molar-refractivity contribution in [3.05, 3.63) is 78.8 Å². The number of hydrogen-bond acceptors (Lipinski definition) is 9. The molecule has 2 fully saturated rings. The van der Waals surface area contributed by atoms with E-state index in [1.54, 1.807) is 29.0 Å². The molecule has 12 nitrogen and oxygen atoms in total. The number of pyridine rings is 1. The summed E-state index contributed by atoms with van der Waals surface area (Å²) in [7, 11) is 1.86. The minimum absolute atomic E-state index is 0.0561. The van der Waals surface area contributed by atoms with Gasteiger partial charge < -0.3 is 15.0 Å². The number of anilines is 1. The lowest BCUT2D eigenvalue weighted by Gasteiger charge is -2.29. The van der Waals surface area contributed by atoms with Crippen molar-refractivity contribution in [1.29, 1.82) is 0 Å². The number of nitrogens with zero attached hydrogens (tertiary/aromatic N) is 7. The van der Waals surface area contributed by atoms with Gasteiger partial charge in [0.05, 0.1) is 30.1 Å². The lowest BCUT2D eigenvalue weighted by Crippen LogP contribution is -2.45. The Kier molecular flexibility index (Phi) is 8.61. The zero-order chi connectivity index (χ0) is 34.2. The highest BCUT2D eigenvalue weighted by Crippen LogP contribution is 2.36. The molecule has 50 heavy (non-hydrogen) atoms. The van der Waals surface area contributed by atoms with E-state index in [4.69, 9.17) is 4.74 Å². The monoisotopic (exact) mass is 689 g/mol. The average Bonchev–Trinajstić information content (AvgIpc) is 3.47. The molecule has 0 unspecified atom stereocenters. The van der Waals surface area contributed by atoms with E-state index in [0.29, 0.717) is 56.8 Å². The van der Waals surface area contributed by atoms with Gasteiger partial charge in [-0.25, -0.2) is 4.98 Å². The predicted molar refractivity (Wildman–Crippen MR) is 195 cm³/mol. The third-order valence-electron chi connectivity index (χ3n) is 9.78. The Bertz CT molecular complexity index is 2070. The van der Waals surface area contributed by atoms with Crippen molar-refractivity contribution in [2.75, 3.05) is 44.3 Å². The number of rotatable bonds is 10. The Morgan fingerprint density at radius 3 is 2.60 bits per heavy atom. The predicted octanol–water partition coefficient (Wildman–Crippen LogP) is 5.02. The third-order valence-corrected chi connectivity index (χ3v) is 11.1. The number of nitrogens with one attached hydrogen (secondary N) is 2. The van der Waals surface area contributed by atoms with Crippen molar-refractivity contribution >= 4 is 45.7 Å². The van der Waals surface area contributed by atoms with E-state index < -0.39 is 4.75 Å². The van der Waals surface area contributed by atoms with Crippen molar-refractivity contribution in [3.8, 4) is 28.5 Å². The topological polar surface area (TPSA) is 134 Å². The van der Waals surface area contributed by atoms with E-state index in [2.05, 4.69) is 53.7 Å². The van der Waals surface area contributed by atoms with E-state index in [0.717, 1.165) is 58.4 Å². The van der Waals surface area contributed by atoms with Crippen molar-refractivity contribution in [2.24, 2.45) is 7.05 Å². The van der Waals surface area contributed by atoms with E-state index >= 15 is 0 Å². The second-order valence-electron chi connectivity index (χ2n) is 13.3. The maximum absolute atomic E-state index is 13.8. The van der Waals surface area contributed by atoms with Gasteiger partial charge in [-0.05, 0) is 73.4 Å². The minimum atomic E-state index is -0.653. The van der Waals surface area contributed by atoms with Crippen LogP contribution in [-0.4, -0.2) is 101 Å². The highest BCUT2D eigenvalue weighted by atomic mass is 32.2. The molecule has 0 bridgehead atoms. The fraction of sp³-hybridized carbons (Fsp3) is 0.351. The van der Waals surface area contributed by atoms with Crippen LogP contribution < -0.4 is 10.1 Å². The van der Waals surface area contributed by atoms with Crippen LogP contribution in [0.15, 0.2) is 73.2 Å². The van der Waals surface area contributed by atoms with Crippen LogP contribution in [-0.2, 0) is 16.6 Å². The molecule has 5 aromatic rings. The quantitative estimate of drug-likeness (QED) is 0.207. The smallest absolute Gasteiger partial charge is 0.241 e. The maximum atomic E-state index is 13.8. The molecule has 3 aromatic heterocycles. The summed E-state index contributed by atoms with van der Waals surface area (Å²) in [5.41, 5.74) is 6.37. The molecular weight excluding hydrogens is 651 g/mol. The standard InChI is InChI=1S/C37H39N9O3S/c1-44-23-39-35(43-44)26-5-3-24(4-6-26)25-13-16-46(17-14-25)33(47)21-45-18-15-37(22-45,50-2)36(48)40-27-7-11-31-30(19-27)34(42-41-31)32-12-10-29(20-38-32)49-28-8-9-28/h3-7,10-13,19-20,23,28H,8-9,14-18,21-22H2,1-2H3,(H,40,48)(H,41,42)/t37-/m0/s1. The number of ether oxygens (including phenoxy) is 1. The molecule has 8 rings (SSSR count). The van der Waals surface area contributed by atoms with E-state index in [1.807, 2.05) is 60.7 Å². The van der Waals surface area contributed by atoms with Crippen LogP contribution in [0.1, 0.15) is 31.2 Å². The first kappa shape index (κ1) is 32.2. The van der Waals surface area contributed by atoms with Gasteiger partial charge in [0.2, 0.25) is 11.8 Å². The Balaban J connectivity index is 0.874. The molecule has 2 aromatic carbocycles. The fourth-order valence-corrected chi connectivity index (χ4v) is 7.54. The van der Waals surface area contributed by atoms with Crippen LogP contribution in [0.3, 0.4) is 0 Å². The van der Waals surface area contributed by atoms with E-state index in [9.17, 15) is 9.59 Å². The Labute approximate surface area is 294 Å². The summed E-state index contributed by atoms with van der Waals surface area (Å²) in [5.74, 6) is 1.50. The summed E-state index contributed by atoms with van der Waals surface area (Å²) in [5, 5.41) is 16.0. The SMILES string of the molecule is CS[C@@]1(C(=O)Nc2ccc3[nH]nc(-c4ccc(OC5CC5)cn4)c3c2)CCN(CC(=O)N2CC=C(c3ccc(-c4ncn(C)n4)cc3)CC2)C1. The summed E-state index contributed by atoms with van der Waals surface area (Å²) in [4.78, 5) is 40.1. The number of thioether (sulfide) groups is 1. The number of aryl methyl sites for hydroxylation is 1. The molecule has 2 amide bonds. The summed E-state index contributed by atoms with van der Waals surface area (Å²) in [6, 6.07) is 17.9. The van der Waals surface area contributed by atoms with Gasteiger partial charge in [-0.2, -0.15) is 10.2 Å². The van der Waals surface area contributed by atoms with Crippen molar-refractivity contribution in [2.45, 2.75) is 36.5 Å². The minimum Gasteiger partial charge on any atom is -0.489 e. The molecule has 1 atom stereocenters. The molecule has 1 saturated heterocycles. The van der Waals surface area contributed by atoms with Gasteiger partial charge in [0.15, 0.2) is 5.82 Å². The van der Waals surface area contributed by atoms with Crippen LogP contribution in [0.4, 0.5) is 5.69 Å². The molecule has 0 spiro atoms. The first-order chi connectivity index (χ1) is 24.4. The molecule has 2 aliphatic heterocycles. The molecule has 2 N–H and O–H groups in total. The van der Waals surface area contributed by atoms with Gasteiger partial charge in [-0.1, -0.05) is 30.3 Å². The third kappa shape index (κ3) is 6.62. The van der Waals surface area contributed by atoms with Gasteiger partial charge >= 0.3 is 0 Å². The number of aromatic amines is 1. The number of hydrogen-bond donors (Lipinski definition) is 2. The van der Waals surface area contributed by atoms with Crippen LogP contribution in [0.5, 0.6) is 5.75 Å². The Morgan fingerprint density at radius 2 is 1.90 bits per heavy atom. The molecule has 13 heteroatoms. The Morgan fingerprint density at radius 1 is 1.06 bits per heavy atom. The molecule has 1 saturated carbocycles. The summed E-state index contributed by atoms with van der Waals surface area (Å²) in [6.07, 6.45) is 11.5. The number of benzene rings is 2. The molecule has 5 heterocycles. The van der Waals surface area contributed by atoms with Gasteiger partial charge in [0.1, 0.15) is 22.5 Å². The zero-order valence-corrected chi connectivity index (χ0v) is 28.9. The largest absolute Gasteiger partial charge is 0.489 e. The van der Waals surface area contributed by atoms with Gasteiger partial charge in [0, 0.05) is 49.9 Å². The highest BCUT2D eigenvalue weighted by molar-refractivity contribution is 8.00. The van der Waals surface area contributed by atoms with Crippen molar-refractivity contribution in [3.63, 3.8) is 0 Å². The van der Waals surface area contributed by atoms with E-state index in [1.165, 1.54) is 5.57 Å². The van der Waals surface area contributed by atoms with Gasteiger partial charge in [-0.3, -0.25) is 29.3 Å². The van der Waals surface area contributed by atoms with Crippen LogP contribution in [0.2, 0.25) is 0 Å². The maximum Gasteiger partial charge on any atom is 0.241 e. The second kappa shape index (κ2) is 13.4. The molecule has 0 radical (unpaired) electrons. The first-order valence-electron chi connectivity index (χ1n) is 17.0. The van der Waals surface area contributed by atoms with Gasteiger partial charge in [-0.15, -0.1) is 11.8 Å². The second-order valence-corrected chi connectivity index (χ2v) is 14.5. The summed E-state index contributed by atoms with van der Waals surface area (Å²) >= 11 is 1.55. The lowest BCUT2D eigenvalue weighted by molar-refractivity contribution is -0.132. The fourth-order valence-electron chi connectivity index (χ4n) is 6.69. The molecule has 3 aliphatic rings. The number of amides is 2. The number of carbonyl (C=O) groups excluding carboxylic acids is 2. The normalized spacial score (nSPS) is 19.5. The molecule has 256 valence electrons. The van der Waals surface area contributed by atoms with Crippen LogP contribution in [0.25, 0.3) is 39.3 Å². The molecular formula is C37H39N9O3S.